The van der Waals surface area contributed by atoms with Crippen molar-refractivity contribution in [2.45, 2.75) is 26.8 Å². The zero-order valence-corrected chi connectivity index (χ0v) is 18.1. The molecular weight excluding hydrogens is 362 g/mol. The van der Waals surface area contributed by atoms with Gasteiger partial charge in [0.25, 0.3) is 0 Å². The van der Waals surface area contributed by atoms with E-state index in [1.54, 1.807) is 10.8 Å². The molecule has 3 heterocycles. The highest BCUT2D eigenvalue weighted by atomic mass is 15.3. The SMILES string of the molecule is Cc1c(C)n(CCCN(C)C)c2ncn3nc(-c4ccc(N(C)C)cc4)nc3c12. The minimum atomic E-state index is 0.724. The van der Waals surface area contributed by atoms with Crippen molar-refractivity contribution in [3.05, 3.63) is 41.9 Å². The Morgan fingerprint density at radius 2 is 1.69 bits per heavy atom. The van der Waals surface area contributed by atoms with Gasteiger partial charge in [0.1, 0.15) is 12.0 Å². The molecule has 0 aliphatic carbocycles. The fourth-order valence-corrected chi connectivity index (χ4v) is 3.78. The van der Waals surface area contributed by atoms with Crippen LogP contribution in [0.1, 0.15) is 17.7 Å². The lowest BCUT2D eigenvalue weighted by Crippen LogP contribution is -2.15. The molecule has 152 valence electrons. The molecule has 0 bridgehead atoms. The normalized spacial score (nSPS) is 11.8. The van der Waals surface area contributed by atoms with E-state index in [0.29, 0.717) is 0 Å². The summed E-state index contributed by atoms with van der Waals surface area (Å²) in [7, 11) is 8.29. The first-order chi connectivity index (χ1) is 13.9. The van der Waals surface area contributed by atoms with E-state index in [9.17, 15) is 0 Å². The lowest BCUT2D eigenvalue weighted by atomic mass is 10.2. The second-order valence-corrected chi connectivity index (χ2v) is 8.11. The van der Waals surface area contributed by atoms with E-state index in [0.717, 1.165) is 53.3 Å². The first kappa shape index (κ1) is 19.4. The number of aryl methyl sites for hydroxylation is 2. The Morgan fingerprint density at radius 1 is 0.966 bits per heavy atom. The molecule has 0 saturated heterocycles. The molecule has 29 heavy (non-hydrogen) atoms. The molecule has 0 atom stereocenters. The topological polar surface area (TPSA) is 54.5 Å². The van der Waals surface area contributed by atoms with E-state index in [4.69, 9.17) is 9.97 Å². The van der Waals surface area contributed by atoms with Crippen LogP contribution in [0, 0.1) is 13.8 Å². The zero-order chi connectivity index (χ0) is 20.7. The molecule has 0 fully saturated rings. The molecule has 0 aliphatic heterocycles. The minimum Gasteiger partial charge on any atom is -0.378 e. The maximum atomic E-state index is 4.89. The zero-order valence-electron chi connectivity index (χ0n) is 18.1. The number of nitrogens with zero attached hydrogens (tertiary/aromatic N) is 7. The maximum absolute atomic E-state index is 4.89. The van der Waals surface area contributed by atoms with Gasteiger partial charge in [0, 0.05) is 37.6 Å². The molecule has 7 nitrogen and oxygen atoms in total. The first-order valence-corrected chi connectivity index (χ1v) is 10.00. The largest absolute Gasteiger partial charge is 0.378 e. The summed E-state index contributed by atoms with van der Waals surface area (Å²) in [6.07, 6.45) is 2.86. The lowest BCUT2D eigenvalue weighted by Gasteiger charge is -2.11. The molecule has 4 aromatic rings. The molecule has 0 unspecified atom stereocenters. The smallest absolute Gasteiger partial charge is 0.182 e. The molecule has 0 aliphatic rings. The van der Waals surface area contributed by atoms with Gasteiger partial charge in [-0.05, 0) is 70.7 Å². The summed E-state index contributed by atoms with van der Waals surface area (Å²) in [6.45, 7) is 6.32. The number of rotatable bonds is 6. The van der Waals surface area contributed by atoms with Crippen molar-refractivity contribution in [3.8, 4) is 11.4 Å². The molecule has 0 N–H and O–H groups in total. The van der Waals surface area contributed by atoms with E-state index < -0.39 is 0 Å². The van der Waals surface area contributed by atoms with Crippen LogP contribution in [-0.4, -0.2) is 63.8 Å². The van der Waals surface area contributed by atoms with E-state index in [2.05, 4.69) is 71.7 Å². The second-order valence-electron chi connectivity index (χ2n) is 8.11. The van der Waals surface area contributed by atoms with Gasteiger partial charge in [-0.15, -0.1) is 5.10 Å². The van der Waals surface area contributed by atoms with Crippen LogP contribution in [0.3, 0.4) is 0 Å². The van der Waals surface area contributed by atoms with Crippen molar-refractivity contribution in [2.75, 3.05) is 39.6 Å². The summed E-state index contributed by atoms with van der Waals surface area (Å²) in [5, 5.41) is 5.78. The summed E-state index contributed by atoms with van der Waals surface area (Å²) in [6, 6.07) is 8.31. The average molecular weight is 392 g/mol. The van der Waals surface area contributed by atoms with Gasteiger partial charge in [0.15, 0.2) is 11.5 Å². The van der Waals surface area contributed by atoms with Crippen LogP contribution < -0.4 is 4.90 Å². The van der Waals surface area contributed by atoms with Gasteiger partial charge in [0.2, 0.25) is 0 Å². The third-order valence-electron chi connectivity index (χ3n) is 5.58. The Balaban J connectivity index is 1.78. The Morgan fingerprint density at radius 3 is 2.34 bits per heavy atom. The second kappa shape index (κ2) is 7.48. The average Bonchev–Trinajstić information content (AvgIpc) is 3.22. The Bertz CT molecular complexity index is 1150. The van der Waals surface area contributed by atoms with Gasteiger partial charge in [0.05, 0.1) is 5.39 Å². The monoisotopic (exact) mass is 391 g/mol. The van der Waals surface area contributed by atoms with E-state index in [-0.39, 0.29) is 0 Å². The predicted molar refractivity (Wildman–Crippen MR) is 119 cm³/mol. The maximum Gasteiger partial charge on any atom is 0.182 e. The van der Waals surface area contributed by atoms with Crippen LogP contribution in [0.5, 0.6) is 0 Å². The van der Waals surface area contributed by atoms with Crippen molar-refractivity contribution in [1.29, 1.82) is 0 Å². The van der Waals surface area contributed by atoms with Gasteiger partial charge in [-0.1, -0.05) is 0 Å². The number of hydrogen-bond acceptors (Lipinski definition) is 5. The van der Waals surface area contributed by atoms with Crippen LogP contribution in [0.4, 0.5) is 5.69 Å². The van der Waals surface area contributed by atoms with Crippen molar-refractivity contribution < 1.29 is 0 Å². The molecule has 0 spiro atoms. The number of hydrogen-bond donors (Lipinski definition) is 0. The first-order valence-electron chi connectivity index (χ1n) is 10.00. The summed E-state index contributed by atoms with van der Waals surface area (Å²) in [5.74, 6) is 0.724. The predicted octanol–water partition coefficient (Wildman–Crippen LogP) is 3.38. The van der Waals surface area contributed by atoms with E-state index >= 15 is 0 Å². The number of aromatic nitrogens is 5. The molecule has 3 aromatic heterocycles. The Hall–Kier alpha value is -2.93. The van der Waals surface area contributed by atoms with Crippen molar-refractivity contribution in [2.24, 2.45) is 0 Å². The number of benzene rings is 1. The molecule has 0 amide bonds. The van der Waals surface area contributed by atoms with E-state index in [1.165, 1.54) is 11.3 Å². The molecule has 1 aromatic carbocycles. The third-order valence-corrected chi connectivity index (χ3v) is 5.58. The fourth-order valence-electron chi connectivity index (χ4n) is 3.78. The molecular formula is C22H29N7. The van der Waals surface area contributed by atoms with Crippen molar-refractivity contribution in [3.63, 3.8) is 0 Å². The minimum absolute atomic E-state index is 0.724. The van der Waals surface area contributed by atoms with Crippen LogP contribution in [-0.2, 0) is 6.54 Å². The van der Waals surface area contributed by atoms with Crippen molar-refractivity contribution >= 4 is 22.4 Å². The fraction of sp³-hybridized carbons (Fsp3) is 0.409. The van der Waals surface area contributed by atoms with Crippen LogP contribution >= 0.6 is 0 Å². The summed E-state index contributed by atoms with van der Waals surface area (Å²) in [5.41, 5.74) is 6.50. The quantitative estimate of drug-likeness (QED) is 0.504. The van der Waals surface area contributed by atoms with Gasteiger partial charge in [-0.25, -0.2) is 14.5 Å². The molecule has 7 heteroatoms. The van der Waals surface area contributed by atoms with E-state index in [1.807, 2.05) is 14.1 Å². The number of anilines is 1. The van der Waals surface area contributed by atoms with Gasteiger partial charge in [-0.3, -0.25) is 0 Å². The Kier molecular flexibility index (Phi) is 5.00. The lowest BCUT2D eigenvalue weighted by molar-refractivity contribution is 0.387. The highest BCUT2D eigenvalue weighted by Crippen LogP contribution is 2.28. The van der Waals surface area contributed by atoms with Gasteiger partial charge < -0.3 is 14.4 Å². The molecule has 0 saturated carbocycles. The summed E-state index contributed by atoms with van der Waals surface area (Å²) in [4.78, 5) is 13.9. The Labute approximate surface area is 171 Å². The highest BCUT2D eigenvalue weighted by Gasteiger charge is 2.18. The standard InChI is InChI=1S/C22H29N7/c1-15-16(2)28(13-7-12-26(3)4)21-19(15)22-24-20(25-29(22)14-23-21)17-8-10-18(11-9-17)27(5)6/h8-11,14H,7,12-13H2,1-6H3. The van der Waals surface area contributed by atoms with Crippen LogP contribution in [0.15, 0.2) is 30.6 Å². The number of fused-ring (bicyclic) bond motifs is 3. The highest BCUT2D eigenvalue weighted by molar-refractivity contribution is 5.94. The van der Waals surface area contributed by atoms with Crippen molar-refractivity contribution in [1.82, 2.24) is 29.0 Å². The van der Waals surface area contributed by atoms with Gasteiger partial charge in [-0.2, -0.15) is 0 Å². The summed E-state index contributed by atoms with van der Waals surface area (Å²) < 4.78 is 4.11. The third kappa shape index (κ3) is 3.46. The van der Waals surface area contributed by atoms with Crippen LogP contribution in [0.25, 0.3) is 28.1 Å². The van der Waals surface area contributed by atoms with Crippen LogP contribution in [0.2, 0.25) is 0 Å². The molecule has 4 rings (SSSR count). The van der Waals surface area contributed by atoms with Gasteiger partial charge >= 0.3 is 0 Å². The molecule has 0 radical (unpaired) electrons. The summed E-state index contributed by atoms with van der Waals surface area (Å²) >= 11 is 0.